The first-order valence-corrected chi connectivity index (χ1v) is 12.7. The van der Waals surface area contributed by atoms with Crippen LogP contribution in [0.15, 0.2) is 24.3 Å². The number of pyridine rings is 1. The summed E-state index contributed by atoms with van der Waals surface area (Å²) in [7, 11) is 0. The van der Waals surface area contributed by atoms with Crippen molar-refractivity contribution in [1.29, 1.82) is 0 Å². The van der Waals surface area contributed by atoms with Gasteiger partial charge in [0.2, 0.25) is 0 Å². The van der Waals surface area contributed by atoms with Crippen molar-refractivity contribution in [2.45, 2.75) is 78.7 Å². The minimum absolute atomic E-state index is 0.0373. The van der Waals surface area contributed by atoms with Crippen LogP contribution in [0, 0.1) is 0 Å². The summed E-state index contributed by atoms with van der Waals surface area (Å²) in [5.74, 6) is 0.0783. The molecule has 3 heterocycles. The van der Waals surface area contributed by atoms with E-state index in [4.69, 9.17) is 26.1 Å². The first-order valence-electron chi connectivity index (χ1n) is 12.3. The van der Waals surface area contributed by atoms with Gasteiger partial charge < -0.3 is 19.7 Å². The Bertz CT molecular complexity index is 1250. The Morgan fingerprint density at radius 3 is 2.32 bits per heavy atom. The SMILES string of the molecule is CC(C)(C)OC(=O)N1CCCc2nc(Nc3ccc(Cl)c4c3C(=O)N(C(=O)OC(C)(C)C)C4)ccc2C1. The molecule has 37 heavy (non-hydrogen) atoms. The first-order chi connectivity index (χ1) is 17.2. The second-order valence-electron chi connectivity index (χ2n) is 11.3. The van der Waals surface area contributed by atoms with Gasteiger partial charge in [0.25, 0.3) is 5.91 Å². The quantitative estimate of drug-likeness (QED) is 0.506. The summed E-state index contributed by atoms with van der Waals surface area (Å²) < 4.78 is 10.9. The van der Waals surface area contributed by atoms with E-state index < -0.39 is 23.2 Å². The van der Waals surface area contributed by atoms with E-state index in [1.807, 2.05) is 32.9 Å². The summed E-state index contributed by atoms with van der Waals surface area (Å²) >= 11 is 6.39. The number of halogens is 1. The van der Waals surface area contributed by atoms with E-state index in [1.54, 1.807) is 37.8 Å². The van der Waals surface area contributed by atoms with Crippen LogP contribution < -0.4 is 5.32 Å². The fourth-order valence-electron chi connectivity index (χ4n) is 4.26. The maximum absolute atomic E-state index is 13.2. The van der Waals surface area contributed by atoms with Gasteiger partial charge in [-0.1, -0.05) is 17.7 Å². The number of imide groups is 1. The van der Waals surface area contributed by atoms with Crippen molar-refractivity contribution in [2.24, 2.45) is 0 Å². The molecule has 3 amide bonds. The molecule has 1 aromatic heterocycles. The molecule has 2 aromatic rings. The molecule has 0 atom stereocenters. The summed E-state index contributed by atoms with van der Waals surface area (Å²) in [6.45, 7) is 11.8. The topological polar surface area (TPSA) is 101 Å². The Labute approximate surface area is 222 Å². The van der Waals surface area contributed by atoms with Gasteiger partial charge in [0.15, 0.2) is 0 Å². The number of benzene rings is 1. The van der Waals surface area contributed by atoms with E-state index in [0.29, 0.717) is 47.2 Å². The molecule has 0 bridgehead atoms. The lowest BCUT2D eigenvalue weighted by Crippen LogP contribution is -2.37. The molecule has 0 aliphatic carbocycles. The lowest BCUT2D eigenvalue weighted by atomic mass is 10.1. The van der Waals surface area contributed by atoms with E-state index >= 15 is 0 Å². The van der Waals surface area contributed by atoms with Gasteiger partial charge >= 0.3 is 12.2 Å². The predicted octanol–water partition coefficient (Wildman–Crippen LogP) is 6.05. The molecule has 4 rings (SSSR count). The molecule has 2 aliphatic heterocycles. The fourth-order valence-corrected chi connectivity index (χ4v) is 4.47. The van der Waals surface area contributed by atoms with E-state index in [2.05, 4.69) is 5.32 Å². The molecule has 1 N–H and O–H groups in total. The van der Waals surface area contributed by atoms with Gasteiger partial charge in [-0.3, -0.25) is 4.79 Å². The third kappa shape index (κ3) is 6.15. The number of fused-ring (bicyclic) bond motifs is 2. The number of ether oxygens (including phenoxy) is 2. The van der Waals surface area contributed by atoms with E-state index in [9.17, 15) is 14.4 Å². The molecule has 0 saturated heterocycles. The van der Waals surface area contributed by atoms with Crippen molar-refractivity contribution >= 4 is 41.2 Å². The zero-order chi connectivity index (χ0) is 27.1. The van der Waals surface area contributed by atoms with Crippen molar-refractivity contribution < 1.29 is 23.9 Å². The van der Waals surface area contributed by atoms with Crippen molar-refractivity contribution in [3.63, 3.8) is 0 Å². The Morgan fingerprint density at radius 2 is 1.65 bits per heavy atom. The highest BCUT2D eigenvalue weighted by atomic mass is 35.5. The van der Waals surface area contributed by atoms with Gasteiger partial charge in [0.05, 0.1) is 24.3 Å². The summed E-state index contributed by atoms with van der Waals surface area (Å²) in [5.41, 5.74) is 1.92. The van der Waals surface area contributed by atoms with Crippen molar-refractivity contribution in [2.75, 3.05) is 11.9 Å². The van der Waals surface area contributed by atoms with Crippen LogP contribution in [0.2, 0.25) is 5.02 Å². The standard InChI is InChI=1S/C27H33ClN4O5/c1-26(2,3)36-24(34)31-13-7-8-19-16(14-31)9-12-21(29-19)30-20-11-10-18(28)17-15-32(23(33)22(17)20)25(35)37-27(4,5)6/h9-12H,7-8,13-15H2,1-6H3,(H,29,30). The van der Waals surface area contributed by atoms with Gasteiger partial charge in [0.1, 0.15) is 17.0 Å². The van der Waals surface area contributed by atoms with E-state index in [-0.39, 0.29) is 12.6 Å². The van der Waals surface area contributed by atoms with Crippen LogP contribution in [0.5, 0.6) is 0 Å². The summed E-state index contributed by atoms with van der Waals surface area (Å²) in [5, 5.41) is 3.63. The number of nitrogens with one attached hydrogen (secondary N) is 1. The summed E-state index contributed by atoms with van der Waals surface area (Å²) in [4.78, 5) is 46.0. The van der Waals surface area contributed by atoms with Crippen LogP contribution in [0.4, 0.5) is 21.1 Å². The van der Waals surface area contributed by atoms with Crippen molar-refractivity contribution in [1.82, 2.24) is 14.8 Å². The monoisotopic (exact) mass is 528 g/mol. The summed E-state index contributed by atoms with van der Waals surface area (Å²) in [6.07, 6.45) is 0.400. The van der Waals surface area contributed by atoms with Gasteiger partial charge in [0, 0.05) is 22.8 Å². The van der Waals surface area contributed by atoms with Gasteiger partial charge in [-0.05, 0) is 78.1 Å². The van der Waals surface area contributed by atoms with Crippen molar-refractivity contribution in [3.05, 3.63) is 51.7 Å². The number of carbonyl (C=O) groups is 3. The number of aryl methyl sites for hydroxylation is 1. The third-order valence-electron chi connectivity index (χ3n) is 5.83. The van der Waals surface area contributed by atoms with Crippen LogP contribution >= 0.6 is 11.6 Å². The molecule has 0 saturated carbocycles. The third-order valence-corrected chi connectivity index (χ3v) is 6.18. The van der Waals surface area contributed by atoms with Crippen LogP contribution in [0.3, 0.4) is 0 Å². The van der Waals surface area contributed by atoms with Crippen LogP contribution in [-0.4, -0.2) is 50.6 Å². The molecule has 1 aromatic carbocycles. The maximum Gasteiger partial charge on any atom is 0.417 e. The molecule has 0 radical (unpaired) electrons. The van der Waals surface area contributed by atoms with Crippen LogP contribution in [-0.2, 0) is 29.0 Å². The largest absolute Gasteiger partial charge is 0.444 e. The molecule has 0 unspecified atom stereocenters. The predicted molar refractivity (Wildman–Crippen MR) is 140 cm³/mol. The van der Waals surface area contributed by atoms with Gasteiger partial charge in [-0.25, -0.2) is 19.5 Å². The normalized spacial score (nSPS) is 15.6. The highest BCUT2D eigenvalue weighted by Gasteiger charge is 2.38. The smallest absolute Gasteiger partial charge is 0.417 e. The fraction of sp³-hybridized carbons (Fsp3) is 0.481. The van der Waals surface area contributed by atoms with Crippen molar-refractivity contribution in [3.8, 4) is 0 Å². The van der Waals surface area contributed by atoms with Gasteiger partial charge in [-0.15, -0.1) is 0 Å². The molecule has 0 spiro atoms. The molecular formula is C27H33ClN4O5. The average Bonchev–Trinajstić information content (AvgIpc) is 2.98. The molecule has 9 nitrogen and oxygen atoms in total. The van der Waals surface area contributed by atoms with E-state index in [0.717, 1.165) is 22.6 Å². The van der Waals surface area contributed by atoms with Crippen LogP contribution in [0.25, 0.3) is 0 Å². The maximum atomic E-state index is 13.2. The Kier molecular flexibility index (Phi) is 7.12. The van der Waals surface area contributed by atoms with Crippen LogP contribution in [0.1, 0.15) is 75.1 Å². The second-order valence-corrected chi connectivity index (χ2v) is 11.7. The molecule has 198 valence electrons. The minimum atomic E-state index is -0.734. The number of nitrogens with zero attached hydrogens (tertiary/aromatic N) is 3. The van der Waals surface area contributed by atoms with E-state index in [1.165, 1.54) is 0 Å². The second kappa shape index (κ2) is 9.85. The Balaban J connectivity index is 1.55. The average molecular weight is 529 g/mol. The Hall–Kier alpha value is -3.33. The van der Waals surface area contributed by atoms with Gasteiger partial charge in [-0.2, -0.15) is 0 Å². The molecule has 2 aliphatic rings. The minimum Gasteiger partial charge on any atom is -0.444 e. The Morgan fingerprint density at radius 1 is 0.973 bits per heavy atom. The summed E-state index contributed by atoms with van der Waals surface area (Å²) in [6, 6.07) is 7.13. The number of carbonyl (C=O) groups excluding carboxylic acids is 3. The zero-order valence-corrected chi connectivity index (χ0v) is 22.9. The lowest BCUT2D eigenvalue weighted by molar-refractivity contribution is 0.0228. The first kappa shape index (κ1) is 26.7. The number of aromatic nitrogens is 1. The highest BCUT2D eigenvalue weighted by Crippen LogP contribution is 2.36. The number of hydrogen-bond donors (Lipinski definition) is 1. The molecular weight excluding hydrogens is 496 g/mol. The number of anilines is 2. The highest BCUT2D eigenvalue weighted by molar-refractivity contribution is 6.32. The molecule has 10 heteroatoms. The molecule has 0 fully saturated rings. The zero-order valence-electron chi connectivity index (χ0n) is 22.1. The number of amides is 3. The number of hydrogen-bond acceptors (Lipinski definition) is 7. The lowest BCUT2D eigenvalue weighted by Gasteiger charge is -2.26. The number of rotatable bonds is 2.